The van der Waals surface area contributed by atoms with Crippen LogP contribution >= 0.6 is 22.6 Å². The zero-order valence-corrected chi connectivity index (χ0v) is 14.8. The summed E-state index contributed by atoms with van der Waals surface area (Å²) in [6.07, 6.45) is 0. The third-order valence-corrected chi connectivity index (χ3v) is 3.66. The molecule has 0 aliphatic rings. The fourth-order valence-corrected chi connectivity index (χ4v) is 2.67. The fraction of sp³-hybridized carbons (Fsp3) is 0.176. The summed E-state index contributed by atoms with van der Waals surface area (Å²) in [4.78, 5) is 22.6. The second-order valence-electron chi connectivity index (χ2n) is 4.61. The van der Waals surface area contributed by atoms with E-state index < -0.39 is 16.0 Å². The molecule has 1 unspecified atom stereocenters. The third-order valence-electron chi connectivity index (χ3n) is 2.74. The highest BCUT2D eigenvalue weighted by Crippen LogP contribution is 2.39. The van der Waals surface area contributed by atoms with Crippen molar-refractivity contribution < 1.29 is 23.8 Å². The van der Waals surface area contributed by atoms with Crippen molar-refractivity contribution in [1.29, 1.82) is 0 Å². The Morgan fingerprint density at radius 3 is 2.17 bits per heavy atom. The molecule has 0 aromatic heterocycles. The molecule has 0 amide bonds. The van der Waals surface area contributed by atoms with Crippen LogP contribution in [0.1, 0.15) is 23.5 Å². The summed E-state index contributed by atoms with van der Waals surface area (Å²) in [6, 6.07) is 14.3. The van der Waals surface area contributed by atoms with E-state index >= 15 is 0 Å². The summed E-state index contributed by atoms with van der Waals surface area (Å²) in [5.74, 6) is 0.0475. The Labute approximate surface area is 147 Å². The van der Waals surface area contributed by atoms with Crippen LogP contribution in [0.4, 0.5) is 0 Å². The van der Waals surface area contributed by atoms with Gasteiger partial charge in [-0.3, -0.25) is 9.59 Å². The standard InChI is InChI=1S/C17H15IO5/c1-11(19)21-15-10-6-9-14(16(15)22-12(2)20)17(18)23-13-7-4-3-5-8-13/h3-10,17H,1-2H3. The van der Waals surface area contributed by atoms with E-state index in [1.165, 1.54) is 13.8 Å². The zero-order valence-electron chi connectivity index (χ0n) is 12.6. The van der Waals surface area contributed by atoms with E-state index in [1.807, 2.05) is 30.3 Å². The van der Waals surface area contributed by atoms with Crippen LogP contribution in [0.2, 0.25) is 0 Å². The number of hydrogen-bond acceptors (Lipinski definition) is 5. The highest BCUT2D eigenvalue weighted by Gasteiger charge is 2.21. The van der Waals surface area contributed by atoms with Crippen molar-refractivity contribution in [2.24, 2.45) is 0 Å². The molecular formula is C17H15IO5. The maximum absolute atomic E-state index is 11.4. The summed E-state index contributed by atoms with van der Waals surface area (Å²) >= 11 is 2.08. The van der Waals surface area contributed by atoms with Gasteiger partial charge in [-0.1, -0.05) is 30.3 Å². The molecule has 5 nitrogen and oxygen atoms in total. The SMILES string of the molecule is CC(=O)Oc1cccc(C(I)Oc2ccccc2)c1OC(C)=O. The Bertz CT molecular complexity index is 699. The molecule has 0 aliphatic carbocycles. The first-order valence-corrected chi connectivity index (χ1v) is 8.07. The predicted octanol–water partition coefficient (Wildman–Crippen LogP) is 4.05. The van der Waals surface area contributed by atoms with Crippen molar-refractivity contribution in [2.75, 3.05) is 0 Å². The fourth-order valence-electron chi connectivity index (χ4n) is 1.88. The minimum atomic E-state index is -0.505. The van der Waals surface area contributed by atoms with E-state index in [4.69, 9.17) is 14.2 Å². The molecule has 0 N–H and O–H groups in total. The lowest BCUT2D eigenvalue weighted by atomic mass is 10.2. The van der Waals surface area contributed by atoms with E-state index in [2.05, 4.69) is 22.6 Å². The zero-order chi connectivity index (χ0) is 16.8. The molecule has 0 radical (unpaired) electrons. The van der Waals surface area contributed by atoms with Crippen LogP contribution in [0.15, 0.2) is 48.5 Å². The van der Waals surface area contributed by atoms with Gasteiger partial charge in [0, 0.05) is 19.4 Å². The Hall–Kier alpha value is -2.09. The van der Waals surface area contributed by atoms with E-state index in [0.717, 1.165) is 0 Å². The quantitative estimate of drug-likeness (QED) is 0.313. The van der Waals surface area contributed by atoms with Gasteiger partial charge in [-0.25, -0.2) is 0 Å². The Kier molecular flexibility index (Phi) is 5.97. The molecule has 0 heterocycles. The van der Waals surface area contributed by atoms with Crippen molar-refractivity contribution in [3.8, 4) is 17.2 Å². The molecule has 120 valence electrons. The van der Waals surface area contributed by atoms with Gasteiger partial charge in [-0.2, -0.15) is 0 Å². The molecule has 2 rings (SSSR count). The highest BCUT2D eigenvalue weighted by molar-refractivity contribution is 14.1. The molecule has 6 heteroatoms. The van der Waals surface area contributed by atoms with Crippen LogP contribution in [0.5, 0.6) is 17.2 Å². The average molecular weight is 426 g/mol. The van der Waals surface area contributed by atoms with Crippen LogP contribution in [0, 0.1) is 0 Å². The number of ether oxygens (including phenoxy) is 3. The van der Waals surface area contributed by atoms with Crippen molar-refractivity contribution in [1.82, 2.24) is 0 Å². The predicted molar refractivity (Wildman–Crippen MR) is 92.9 cm³/mol. The number of benzene rings is 2. The number of esters is 2. The second kappa shape index (κ2) is 7.96. The number of para-hydroxylation sites is 2. The monoisotopic (exact) mass is 426 g/mol. The first kappa shape index (κ1) is 17.3. The van der Waals surface area contributed by atoms with E-state index in [1.54, 1.807) is 18.2 Å². The van der Waals surface area contributed by atoms with Gasteiger partial charge in [-0.05, 0) is 40.8 Å². The minimum absolute atomic E-state index is 0.184. The second-order valence-corrected chi connectivity index (χ2v) is 5.74. The summed E-state index contributed by atoms with van der Waals surface area (Å²) in [5, 5.41) is 0. The van der Waals surface area contributed by atoms with Crippen LogP contribution in [-0.4, -0.2) is 11.9 Å². The third kappa shape index (κ3) is 4.95. The van der Waals surface area contributed by atoms with E-state index in [-0.39, 0.29) is 11.5 Å². The summed E-state index contributed by atoms with van der Waals surface area (Å²) in [6.45, 7) is 2.57. The van der Waals surface area contributed by atoms with Gasteiger partial charge in [0.15, 0.2) is 15.6 Å². The maximum Gasteiger partial charge on any atom is 0.308 e. The first-order chi connectivity index (χ1) is 11.0. The van der Waals surface area contributed by atoms with Crippen LogP contribution in [0.25, 0.3) is 0 Å². The number of rotatable bonds is 5. The van der Waals surface area contributed by atoms with Gasteiger partial charge in [0.2, 0.25) is 0 Å². The number of hydrogen-bond donors (Lipinski definition) is 0. The molecule has 0 fully saturated rings. The minimum Gasteiger partial charge on any atom is -0.475 e. The lowest BCUT2D eigenvalue weighted by Gasteiger charge is -2.18. The van der Waals surface area contributed by atoms with Gasteiger partial charge in [-0.15, -0.1) is 0 Å². The van der Waals surface area contributed by atoms with Crippen molar-refractivity contribution >= 4 is 34.5 Å². The smallest absolute Gasteiger partial charge is 0.308 e. The number of carbonyl (C=O) groups is 2. The molecule has 1 atom stereocenters. The molecule has 0 saturated carbocycles. The first-order valence-electron chi connectivity index (χ1n) is 6.83. The van der Waals surface area contributed by atoms with Gasteiger partial charge >= 0.3 is 11.9 Å². The van der Waals surface area contributed by atoms with Crippen LogP contribution in [0.3, 0.4) is 0 Å². The van der Waals surface area contributed by atoms with Crippen LogP contribution in [-0.2, 0) is 9.59 Å². The van der Waals surface area contributed by atoms with E-state index in [0.29, 0.717) is 11.3 Å². The molecule has 0 saturated heterocycles. The van der Waals surface area contributed by atoms with Crippen LogP contribution < -0.4 is 14.2 Å². The summed E-state index contributed by atoms with van der Waals surface area (Å²) in [7, 11) is 0. The summed E-state index contributed by atoms with van der Waals surface area (Å²) < 4.78 is 15.8. The normalized spacial score (nSPS) is 11.4. The number of halogens is 1. The average Bonchev–Trinajstić information content (AvgIpc) is 2.49. The Morgan fingerprint density at radius 1 is 0.913 bits per heavy atom. The van der Waals surface area contributed by atoms with Gasteiger partial charge in [0.05, 0.1) is 0 Å². The number of alkyl halides is 1. The van der Waals surface area contributed by atoms with Gasteiger partial charge in [0.1, 0.15) is 5.75 Å². The van der Waals surface area contributed by atoms with Crippen molar-refractivity contribution in [2.45, 2.75) is 18.0 Å². The molecule has 2 aromatic carbocycles. The van der Waals surface area contributed by atoms with Gasteiger partial charge < -0.3 is 14.2 Å². The molecular weight excluding hydrogens is 411 g/mol. The topological polar surface area (TPSA) is 61.8 Å². The lowest BCUT2D eigenvalue weighted by molar-refractivity contribution is -0.134. The molecule has 0 spiro atoms. The maximum atomic E-state index is 11.4. The van der Waals surface area contributed by atoms with Crippen molar-refractivity contribution in [3.63, 3.8) is 0 Å². The largest absolute Gasteiger partial charge is 0.475 e. The number of carbonyl (C=O) groups excluding carboxylic acids is 2. The lowest BCUT2D eigenvalue weighted by Crippen LogP contribution is -2.11. The molecule has 0 aliphatic heterocycles. The highest BCUT2D eigenvalue weighted by atomic mass is 127. The van der Waals surface area contributed by atoms with Crippen molar-refractivity contribution in [3.05, 3.63) is 54.1 Å². The Balaban J connectivity index is 2.35. The summed E-state index contributed by atoms with van der Waals surface area (Å²) in [5.41, 5.74) is 0.600. The molecule has 23 heavy (non-hydrogen) atoms. The Morgan fingerprint density at radius 2 is 1.57 bits per heavy atom. The molecule has 2 aromatic rings. The van der Waals surface area contributed by atoms with E-state index in [9.17, 15) is 9.59 Å². The molecule has 0 bridgehead atoms. The van der Waals surface area contributed by atoms with Gasteiger partial charge in [0.25, 0.3) is 0 Å².